The van der Waals surface area contributed by atoms with Gasteiger partial charge in [-0.2, -0.15) is 5.26 Å². The van der Waals surface area contributed by atoms with Crippen LogP contribution in [0.2, 0.25) is 0 Å². The van der Waals surface area contributed by atoms with Crippen molar-refractivity contribution in [1.82, 2.24) is 15.5 Å². The van der Waals surface area contributed by atoms with Gasteiger partial charge in [0.15, 0.2) is 0 Å². The van der Waals surface area contributed by atoms with E-state index in [0.29, 0.717) is 65.5 Å². The molecule has 1 aliphatic rings. The van der Waals surface area contributed by atoms with Crippen LogP contribution in [0, 0.1) is 17.2 Å². The van der Waals surface area contributed by atoms with Crippen LogP contribution in [-0.4, -0.2) is 68.5 Å². The normalized spacial score (nSPS) is 14.6. The molecule has 1 heterocycles. The van der Waals surface area contributed by atoms with Crippen molar-refractivity contribution in [3.05, 3.63) is 82.9 Å². The summed E-state index contributed by atoms with van der Waals surface area (Å²) >= 11 is 0. The van der Waals surface area contributed by atoms with Crippen LogP contribution in [0.1, 0.15) is 66.0 Å². The van der Waals surface area contributed by atoms with Crippen molar-refractivity contribution in [2.75, 3.05) is 38.7 Å². The summed E-state index contributed by atoms with van der Waals surface area (Å²) in [5.74, 6) is 0.120. The topological polar surface area (TPSA) is 115 Å². The zero-order chi connectivity index (χ0) is 32.7. The quantitative estimate of drug-likeness (QED) is 0.315. The van der Waals surface area contributed by atoms with E-state index < -0.39 is 6.04 Å². The van der Waals surface area contributed by atoms with Crippen molar-refractivity contribution in [2.45, 2.75) is 52.6 Å². The summed E-state index contributed by atoms with van der Waals surface area (Å²) < 4.78 is 5.42. The smallest absolute Gasteiger partial charge is 0.253 e. The summed E-state index contributed by atoms with van der Waals surface area (Å²) in [4.78, 5) is 44.1. The average Bonchev–Trinajstić information content (AvgIpc) is 3.05. The fourth-order valence-corrected chi connectivity index (χ4v) is 5.71. The number of hydrogen-bond donors (Lipinski definition) is 2. The van der Waals surface area contributed by atoms with Gasteiger partial charge in [0.1, 0.15) is 23.4 Å². The van der Waals surface area contributed by atoms with Gasteiger partial charge in [-0.25, -0.2) is 0 Å². The zero-order valence-electron chi connectivity index (χ0n) is 27.0. The highest BCUT2D eigenvalue weighted by Gasteiger charge is 2.31. The molecule has 4 rings (SSSR count). The van der Waals surface area contributed by atoms with E-state index in [0.717, 1.165) is 17.7 Å². The van der Waals surface area contributed by atoms with Crippen LogP contribution in [0.4, 0.5) is 5.69 Å². The first-order chi connectivity index (χ1) is 21.6. The third-order valence-corrected chi connectivity index (χ3v) is 8.07. The number of anilines is 1. The van der Waals surface area contributed by atoms with Gasteiger partial charge in [0, 0.05) is 49.1 Å². The summed E-state index contributed by atoms with van der Waals surface area (Å²) in [7, 11) is 3.23. The van der Waals surface area contributed by atoms with Crippen LogP contribution in [-0.2, 0) is 11.2 Å². The highest BCUT2D eigenvalue weighted by molar-refractivity contribution is 6.02. The Morgan fingerprint density at radius 1 is 1.07 bits per heavy atom. The Morgan fingerprint density at radius 2 is 1.80 bits per heavy atom. The molecule has 0 saturated carbocycles. The molecule has 0 unspecified atom stereocenters. The minimum absolute atomic E-state index is 0.0656. The monoisotopic (exact) mass is 609 g/mol. The number of nitrogens with zero attached hydrogens (tertiary/aromatic N) is 3. The number of amides is 3. The zero-order valence-corrected chi connectivity index (χ0v) is 27.0. The summed E-state index contributed by atoms with van der Waals surface area (Å²) in [6.07, 6.45) is 1.38. The van der Waals surface area contributed by atoms with E-state index in [2.05, 4.69) is 30.6 Å². The number of nitrogens with one attached hydrogen (secondary N) is 2. The second kappa shape index (κ2) is 14.8. The number of ether oxygens (including phenoxy) is 1. The molecule has 0 bridgehead atoms. The summed E-state index contributed by atoms with van der Waals surface area (Å²) in [6.45, 7) is 9.58. The number of para-hydroxylation sites is 1. The van der Waals surface area contributed by atoms with Gasteiger partial charge in [-0.1, -0.05) is 51.1 Å². The fourth-order valence-electron chi connectivity index (χ4n) is 5.71. The molecule has 0 aliphatic carbocycles. The molecule has 9 nitrogen and oxygen atoms in total. The second-order valence-electron chi connectivity index (χ2n) is 12.0. The van der Waals surface area contributed by atoms with Crippen molar-refractivity contribution < 1.29 is 19.1 Å². The maximum Gasteiger partial charge on any atom is 0.253 e. The molecule has 0 aromatic heterocycles. The Bertz CT molecular complexity index is 1590. The van der Waals surface area contributed by atoms with E-state index in [4.69, 9.17) is 4.74 Å². The van der Waals surface area contributed by atoms with Gasteiger partial charge < -0.3 is 25.2 Å². The molecule has 2 atom stereocenters. The first kappa shape index (κ1) is 33.1. The van der Waals surface area contributed by atoms with E-state index in [1.165, 1.54) is 7.11 Å². The van der Waals surface area contributed by atoms with E-state index in [9.17, 15) is 19.6 Å². The summed E-state index contributed by atoms with van der Waals surface area (Å²) in [6, 6.07) is 19.7. The number of fused-ring (bicyclic) bond motifs is 1. The molecule has 9 heteroatoms. The highest BCUT2D eigenvalue weighted by atomic mass is 16.5. The lowest BCUT2D eigenvalue weighted by molar-refractivity contribution is -0.122. The van der Waals surface area contributed by atoms with E-state index in [-0.39, 0.29) is 23.8 Å². The first-order valence-electron chi connectivity index (χ1n) is 15.5. The Kier molecular flexibility index (Phi) is 10.8. The Morgan fingerprint density at radius 3 is 2.49 bits per heavy atom. The largest absolute Gasteiger partial charge is 0.495 e. The minimum atomic E-state index is -0.441. The van der Waals surface area contributed by atoms with Crippen LogP contribution in [0.15, 0.2) is 60.7 Å². The molecule has 1 aliphatic heterocycles. The van der Waals surface area contributed by atoms with Crippen molar-refractivity contribution in [2.24, 2.45) is 5.92 Å². The summed E-state index contributed by atoms with van der Waals surface area (Å²) in [5, 5.41) is 16.2. The standard InChI is InChI=1S/C36H43N5O4/c1-7-15-40(5)36(44)28-17-26(30-12-10-14-33(45-6)31(30)20-37)16-27(18-28)35(43)39-29-19-25-11-8-9-13-32(25)41(22-29)24(4)34(42)38-21-23(2)3/h8-14,16-18,23-24,29H,7,15,19,21-22H2,1-6H3,(H,38,42)(H,39,43)/t24-,29-/m0/s1. The molecule has 236 valence electrons. The molecule has 0 fully saturated rings. The van der Waals surface area contributed by atoms with Gasteiger partial charge in [-0.3, -0.25) is 14.4 Å². The second-order valence-corrected chi connectivity index (χ2v) is 12.0. The number of rotatable bonds is 11. The Hall–Kier alpha value is -4.84. The van der Waals surface area contributed by atoms with Crippen molar-refractivity contribution >= 4 is 23.4 Å². The van der Waals surface area contributed by atoms with Gasteiger partial charge in [-0.05, 0) is 67.1 Å². The molecule has 0 saturated heterocycles. The van der Waals surface area contributed by atoms with E-state index >= 15 is 0 Å². The molecule has 0 radical (unpaired) electrons. The third kappa shape index (κ3) is 7.63. The maximum absolute atomic E-state index is 13.9. The lowest BCUT2D eigenvalue weighted by Crippen LogP contribution is -2.54. The molecular formula is C36H43N5O4. The van der Waals surface area contributed by atoms with Gasteiger partial charge in [0.2, 0.25) is 5.91 Å². The summed E-state index contributed by atoms with van der Waals surface area (Å²) in [5.41, 5.74) is 4.13. The van der Waals surface area contributed by atoms with Crippen molar-refractivity contribution in [3.8, 4) is 22.9 Å². The predicted molar refractivity (Wildman–Crippen MR) is 176 cm³/mol. The van der Waals surface area contributed by atoms with Crippen LogP contribution in [0.3, 0.4) is 0 Å². The number of methoxy groups -OCH3 is 1. The lowest BCUT2D eigenvalue weighted by Gasteiger charge is -2.39. The molecule has 3 aromatic rings. The predicted octanol–water partition coefficient (Wildman–Crippen LogP) is 5.04. The van der Waals surface area contributed by atoms with Gasteiger partial charge in [-0.15, -0.1) is 0 Å². The number of carbonyl (C=O) groups excluding carboxylic acids is 3. The lowest BCUT2D eigenvalue weighted by atomic mass is 9.94. The van der Waals surface area contributed by atoms with Crippen molar-refractivity contribution in [1.29, 1.82) is 5.26 Å². The SMILES string of the molecule is CCCN(C)C(=O)c1cc(C(=O)N[C@H]2Cc3ccccc3N([C@@H](C)C(=O)NCC(C)C)C2)cc(-c2cccc(OC)c2C#N)c1. The Balaban J connectivity index is 1.68. The number of benzene rings is 3. The van der Waals surface area contributed by atoms with Gasteiger partial charge in [0.05, 0.1) is 13.2 Å². The molecule has 3 amide bonds. The molecule has 2 N–H and O–H groups in total. The van der Waals surface area contributed by atoms with Gasteiger partial charge >= 0.3 is 0 Å². The number of hydrogen-bond acceptors (Lipinski definition) is 6. The molecular weight excluding hydrogens is 566 g/mol. The number of carbonyl (C=O) groups is 3. The molecule has 45 heavy (non-hydrogen) atoms. The molecule has 3 aromatic carbocycles. The number of nitriles is 1. The maximum atomic E-state index is 13.9. The van der Waals surface area contributed by atoms with Crippen molar-refractivity contribution in [3.63, 3.8) is 0 Å². The van der Waals surface area contributed by atoms with E-state index in [1.54, 1.807) is 48.3 Å². The van der Waals surface area contributed by atoms with Crippen LogP contribution in [0.25, 0.3) is 11.1 Å². The Labute approximate surface area is 266 Å². The fraction of sp³-hybridized carbons (Fsp3) is 0.389. The average molecular weight is 610 g/mol. The first-order valence-corrected chi connectivity index (χ1v) is 15.5. The minimum Gasteiger partial charge on any atom is -0.495 e. The van der Waals surface area contributed by atoms with Crippen LogP contribution in [0.5, 0.6) is 5.75 Å². The van der Waals surface area contributed by atoms with Gasteiger partial charge in [0.25, 0.3) is 11.8 Å². The van der Waals surface area contributed by atoms with E-state index in [1.807, 2.05) is 43.0 Å². The van der Waals surface area contributed by atoms with Crippen LogP contribution >= 0.6 is 0 Å². The van der Waals surface area contributed by atoms with Crippen LogP contribution < -0.4 is 20.3 Å². The third-order valence-electron chi connectivity index (χ3n) is 8.07. The highest BCUT2D eigenvalue weighted by Crippen LogP contribution is 2.32. The molecule has 0 spiro atoms.